The summed E-state index contributed by atoms with van der Waals surface area (Å²) < 4.78 is 0. The van der Waals surface area contributed by atoms with Gasteiger partial charge in [0, 0.05) is 18.1 Å². The van der Waals surface area contributed by atoms with E-state index in [1.54, 1.807) is 0 Å². The molecular weight excluding hydrogens is 242 g/mol. The molecular formula is C14H19N3S. The lowest BCUT2D eigenvalue weighted by Gasteiger charge is -2.25. The lowest BCUT2D eigenvalue weighted by atomic mass is 10.1. The number of fused-ring (bicyclic) bond motifs is 1. The first kappa shape index (κ1) is 12.0. The molecule has 18 heavy (non-hydrogen) atoms. The van der Waals surface area contributed by atoms with Crippen LogP contribution in [-0.2, 0) is 0 Å². The Morgan fingerprint density at radius 1 is 1.33 bits per heavy atom. The quantitative estimate of drug-likeness (QED) is 0.889. The van der Waals surface area contributed by atoms with Crippen LogP contribution in [0.3, 0.4) is 0 Å². The van der Waals surface area contributed by atoms with Gasteiger partial charge in [0.15, 0.2) is 5.17 Å². The predicted octanol–water partition coefficient (Wildman–Crippen LogP) is 3.00. The second-order valence-electron chi connectivity index (χ2n) is 5.15. The number of thioether (sulfide) groups is 1. The van der Waals surface area contributed by atoms with Gasteiger partial charge in [-0.1, -0.05) is 18.2 Å². The van der Waals surface area contributed by atoms with Crippen LogP contribution in [0.4, 0.5) is 0 Å². The van der Waals surface area contributed by atoms with Gasteiger partial charge in [0.1, 0.15) is 0 Å². The topological polar surface area (TPSA) is 37.3 Å². The zero-order valence-electron chi connectivity index (χ0n) is 10.7. The number of amidine groups is 1. The lowest BCUT2D eigenvalue weighted by molar-refractivity contribution is 0.531. The van der Waals surface area contributed by atoms with Crippen LogP contribution in [0.1, 0.15) is 37.8 Å². The average Bonchev–Trinajstić information content (AvgIpc) is 2.87. The molecule has 2 heterocycles. The molecule has 0 amide bonds. The van der Waals surface area contributed by atoms with Crippen molar-refractivity contribution in [3.63, 3.8) is 0 Å². The summed E-state index contributed by atoms with van der Waals surface area (Å²) >= 11 is 1.89. The standard InChI is InChI=1S/C14H19N3S/c1-10(11-5-7-15-8-6-11)16-14-17-13-4-2-3-12(13)9-18-14/h5-8,10,12-13H,2-4,9H2,1H3,(H,16,17). The number of hydrogen-bond acceptors (Lipinski definition) is 4. The highest BCUT2D eigenvalue weighted by molar-refractivity contribution is 8.13. The van der Waals surface area contributed by atoms with Crippen LogP contribution in [0, 0.1) is 5.92 Å². The normalized spacial score (nSPS) is 28.4. The molecule has 1 fully saturated rings. The van der Waals surface area contributed by atoms with E-state index in [1.165, 1.54) is 30.6 Å². The van der Waals surface area contributed by atoms with Crippen LogP contribution < -0.4 is 5.32 Å². The van der Waals surface area contributed by atoms with Crippen molar-refractivity contribution in [2.24, 2.45) is 10.9 Å². The molecule has 3 rings (SSSR count). The Balaban J connectivity index is 1.66. The molecule has 1 aliphatic carbocycles. The third-order valence-corrected chi connectivity index (χ3v) is 4.97. The van der Waals surface area contributed by atoms with Crippen molar-refractivity contribution >= 4 is 16.9 Å². The van der Waals surface area contributed by atoms with E-state index in [-0.39, 0.29) is 0 Å². The first-order chi connectivity index (χ1) is 8.83. The van der Waals surface area contributed by atoms with E-state index in [9.17, 15) is 0 Å². The number of hydrogen-bond donors (Lipinski definition) is 1. The van der Waals surface area contributed by atoms with E-state index in [4.69, 9.17) is 4.99 Å². The summed E-state index contributed by atoms with van der Waals surface area (Å²) in [7, 11) is 0. The maximum absolute atomic E-state index is 4.86. The van der Waals surface area contributed by atoms with Crippen LogP contribution in [0.15, 0.2) is 29.5 Å². The largest absolute Gasteiger partial charge is 0.358 e. The molecule has 0 spiro atoms. The first-order valence-electron chi connectivity index (χ1n) is 6.70. The van der Waals surface area contributed by atoms with Crippen molar-refractivity contribution in [3.05, 3.63) is 30.1 Å². The van der Waals surface area contributed by atoms with Crippen molar-refractivity contribution in [3.8, 4) is 0 Å². The summed E-state index contributed by atoms with van der Waals surface area (Å²) in [5, 5.41) is 4.66. The van der Waals surface area contributed by atoms with Gasteiger partial charge in [-0.15, -0.1) is 0 Å². The van der Waals surface area contributed by atoms with E-state index in [2.05, 4.69) is 29.4 Å². The number of pyridine rings is 1. The lowest BCUT2D eigenvalue weighted by Crippen LogP contribution is -2.31. The highest BCUT2D eigenvalue weighted by Crippen LogP contribution is 2.35. The summed E-state index contributed by atoms with van der Waals surface area (Å²) in [6, 6.07) is 5.00. The van der Waals surface area contributed by atoms with Gasteiger partial charge in [-0.05, 0) is 43.4 Å². The molecule has 1 aliphatic heterocycles. The Labute approximate surface area is 112 Å². The molecule has 0 aromatic carbocycles. The first-order valence-corrected chi connectivity index (χ1v) is 7.68. The highest BCUT2D eigenvalue weighted by atomic mass is 32.2. The molecule has 3 unspecified atom stereocenters. The third-order valence-electron chi connectivity index (χ3n) is 3.88. The van der Waals surface area contributed by atoms with E-state index in [0.717, 1.165) is 11.1 Å². The number of aromatic nitrogens is 1. The SMILES string of the molecule is CC(NC1=NC2CCCC2CS1)c1ccncc1. The maximum atomic E-state index is 4.86. The van der Waals surface area contributed by atoms with Crippen LogP contribution >= 0.6 is 11.8 Å². The molecule has 1 N–H and O–H groups in total. The number of aliphatic imine (C=N–C) groups is 1. The van der Waals surface area contributed by atoms with Gasteiger partial charge >= 0.3 is 0 Å². The fraction of sp³-hybridized carbons (Fsp3) is 0.571. The Morgan fingerprint density at radius 3 is 3.00 bits per heavy atom. The molecule has 1 saturated carbocycles. The molecule has 96 valence electrons. The molecule has 3 nitrogen and oxygen atoms in total. The minimum Gasteiger partial charge on any atom is -0.358 e. The summed E-state index contributed by atoms with van der Waals surface area (Å²) in [4.78, 5) is 8.92. The van der Waals surface area contributed by atoms with Crippen molar-refractivity contribution in [2.75, 3.05) is 5.75 Å². The summed E-state index contributed by atoms with van der Waals surface area (Å²) in [6.45, 7) is 2.18. The van der Waals surface area contributed by atoms with Crippen LogP contribution in [0.5, 0.6) is 0 Å². The minimum absolute atomic E-state index is 0.303. The van der Waals surface area contributed by atoms with E-state index >= 15 is 0 Å². The monoisotopic (exact) mass is 261 g/mol. The van der Waals surface area contributed by atoms with Crippen LogP contribution in [0.25, 0.3) is 0 Å². The molecule has 1 aromatic rings. The Morgan fingerprint density at radius 2 is 2.17 bits per heavy atom. The Bertz CT molecular complexity index is 432. The number of nitrogens with zero attached hydrogens (tertiary/aromatic N) is 2. The summed E-state index contributed by atoms with van der Waals surface area (Å²) in [6.07, 6.45) is 7.69. The Kier molecular flexibility index (Phi) is 3.55. The van der Waals surface area contributed by atoms with Gasteiger partial charge in [-0.2, -0.15) is 0 Å². The molecule has 0 radical (unpaired) electrons. The fourth-order valence-electron chi connectivity index (χ4n) is 2.76. The fourth-order valence-corrected chi connectivity index (χ4v) is 3.99. The molecule has 0 saturated heterocycles. The van der Waals surface area contributed by atoms with Gasteiger partial charge in [-0.3, -0.25) is 9.98 Å². The van der Waals surface area contributed by atoms with E-state index < -0.39 is 0 Å². The second-order valence-corrected chi connectivity index (χ2v) is 6.16. The third kappa shape index (κ3) is 2.53. The minimum atomic E-state index is 0.303. The number of rotatable bonds is 2. The zero-order chi connectivity index (χ0) is 12.4. The summed E-state index contributed by atoms with van der Waals surface area (Å²) in [5.74, 6) is 2.07. The average molecular weight is 261 g/mol. The smallest absolute Gasteiger partial charge is 0.157 e. The summed E-state index contributed by atoms with van der Waals surface area (Å²) in [5.41, 5.74) is 1.27. The molecule has 0 bridgehead atoms. The predicted molar refractivity (Wildman–Crippen MR) is 76.8 cm³/mol. The van der Waals surface area contributed by atoms with Gasteiger partial charge in [0.25, 0.3) is 0 Å². The van der Waals surface area contributed by atoms with Crippen LogP contribution in [-0.4, -0.2) is 21.9 Å². The van der Waals surface area contributed by atoms with Crippen LogP contribution in [0.2, 0.25) is 0 Å². The Hall–Kier alpha value is -1.03. The van der Waals surface area contributed by atoms with Crippen molar-refractivity contribution < 1.29 is 0 Å². The van der Waals surface area contributed by atoms with E-state index in [1.807, 2.05) is 24.2 Å². The van der Waals surface area contributed by atoms with Crippen molar-refractivity contribution in [1.29, 1.82) is 0 Å². The second kappa shape index (κ2) is 5.31. The van der Waals surface area contributed by atoms with Gasteiger partial charge in [0.05, 0.1) is 12.1 Å². The van der Waals surface area contributed by atoms with E-state index in [0.29, 0.717) is 12.1 Å². The molecule has 3 atom stereocenters. The zero-order valence-corrected chi connectivity index (χ0v) is 11.5. The van der Waals surface area contributed by atoms with Gasteiger partial charge < -0.3 is 5.32 Å². The number of nitrogens with one attached hydrogen (secondary N) is 1. The maximum Gasteiger partial charge on any atom is 0.157 e. The highest BCUT2D eigenvalue weighted by Gasteiger charge is 2.31. The van der Waals surface area contributed by atoms with Gasteiger partial charge in [-0.25, -0.2) is 0 Å². The van der Waals surface area contributed by atoms with Crippen molar-refractivity contribution in [2.45, 2.75) is 38.3 Å². The molecule has 4 heteroatoms. The molecule has 1 aromatic heterocycles. The van der Waals surface area contributed by atoms with Crippen molar-refractivity contribution in [1.82, 2.24) is 10.3 Å². The van der Waals surface area contributed by atoms with Gasteiger partial charge in [0.2, 0.25) is 0 Å². The molecule has 2 aliphatic rings.